The summed E-state index contributed by atoms with van der Waals surface area (Å²) in [4.78, 5) is 19.2. The summed E-state index contributed by atoms with van der Waals surface area (Å²) < 4.78 is 0. The molecule has 128 valence electrons. The lowest BCUT2D eigenvalue weighted by Gasteiger charge is -2.30. The van der Waals surface area contributed by atoms with Crippen molar-refractivity contribution in [3.8, 4) is 0 Å². The molecule has 1 aromatic rings. The lowest BCUT2D eigenvalue weighted by Crippen LogP contribution is -2.41. The van der Waals surface area contributed by atoms with Crippen molar-refractivity contribution >= 4 is 34.2 Å². The Hall–Kier alpha value is -1.75. The van der Waals surface area contributed by atoms with Crippen molar-refractivity contribution in [3.63, 3.8) is 0 Å². The number of carbonyl (C=O) groups is 1. The molecule has 1 N–H and O–H groups in total. The summed E-state index contributed by atoms with van der Waals surface area (Å²) in [6, 6.07) is 8.32. The maximum absolute atomic E-state index is 12.5. The molecule has 0 aromatic heterocycles. The highest BCUT2D eigenvalue weighted by Crippen LogP contribution is 2.35. The fraction of sp³-hybridized carbons (Fsp3) is 0.474. The van der Waals surface area contributed by atoms with Gasteiger partial charge in [-0.3, -0.25) is 4.79 Å². The highest BCUT2D eigenvalue weighted by molar-refractivity contribution is 8.14. The summed E-state index contributed by atoms with van der Waals surface area (Å²) in [5.41, 5.74) is 2.88. The van der Waals surface area contributed by atoms with Crippen molar-refractivity contribution in [3.05, 3.63) is 36.4 Å². The zero-order chi connectivity index (χ0) is 17.1. The van der Waals surface area contributed by atoms with Crippen molar-refractivity contribution in [2.75, 3.05) is 7.05 Å². The van der Waals surface area contributed by atoms with Crippen LogP contribution in [0.15, 0.2) is 35.8 Å². The van der Waals surface area contributed by atoms with E-state index in [0.29, 0.717) is 6.04 Å². The number of hydrogen-bond acceptors (Lipinski definition) is 4. The van der Waals surface area contributed by atoms with Crippen molar-refractivity contribution in [2.24, 2.45) is 4.99 Å². The Balaban J connectivity index is 1.67. The number of hydrogen-bond donors (Lipinski definition) is 1. The smallest absolute Gasteiger partial charge is 0.233 e. The van der Waals surface area contributed by atoms with Gasteiger partial charge in [0.25, 0.3) is 0 Å². The molecular weight excluding hydrogens is 318 g/mol. The van der Waals surface area contributed by atoms with Gasteiger partial charge in [-0.1, -0.05) is 55.8 Å². The van der Waals surface area contributed by atoms with E-state index >= 15 is 0 Å². The summed E-state index contributed by atoms with van der Waals surface area (Å²) in [6.07, 6.45) is 5.94. The first-order valence-corrected chi connectivity index (χ1v) is 9.52. The van der Waals surface area contributed by atoms with Crippen LogP contribution in [-0.2, 0) is 4.79 Å². The molecule has 1 aromatic carbocycles. The molecule has 1 aliphatic heterocycles. The maximum atomic E-state index is 12.5. The predicted molar refractivity (Wildman–Crippen MR) is 102 cm³/mol. The molecule has 1 heterocycles. The molecule has 2 aliphatic rings. The minimum absolute atomic E-state index is 0.104. The third-order valence-electron chi connectivity index (χ3n) is 4.73. The zero-order valence-electron chi connectivity index (χ0n) is 14.4. The first-order valence-electron chi connectivity index (χ1n) is 8.64. The van der Waals surface area contributed by atoms with Gasteiger partial charge < -0.3 is 10.2 Å². The van der Waals surface area contributed by atoms with E-state index < -0.39 is 0 Å². The number of amidine groups is 1. The van der Waals surface area contributed by atoms with Gasteiger partial charge in [-0.2, -0.15) is 0 Å². The third kappa shape index (κ3) is 3.66. The molecule has 3 rings (SSSR count). The van der Waals surface area contributed by atoms with E-state index in [4.69, 9.17) is 4.99 Å². The average Bonchev–Trinajstić information content (AvgIpc) is 2.60. The van der Waals surface area contributed by atoms with Crippen LogP contribution in [0, 0.1) is 0 Å². The average molecular weight is 343 g/mol. The van der Waals surface area contributed by atoms with Gasteiger partial charge in [-0.05, 0) is 25.8 Å². The molecule has 1 fully saturated rings. The summed E-state index contributed by atoms with van der Waals surface area (Å²) in [6.45, 7) is 6.11. The standard InChI is InChI=1S/C19H25N3OS/c1-13-16-11-7-8-12-17(16)21-19(22(13)3)24-14(2)18(23)20-15-9-5-4-6-10-15/h7-8,11-12,14-15H,1,4-6,9-10H2,2-3H3,(H,20,23). The minimum atomic E-state index is -0.175. The topological polar surface area (TPSA) is 44.7 Å². The van der Waals surface area contributed by atoms with Gasteiger partial charge in [0.1, 0.15) is 0 Å². The van der Waals surface area contributed by atoms with Crippen molar-refractivity contribution in [1.82, 2.24) is 10.2 Å². The normalized spacial score (nSPS) is 19.5. The molecule has 4 nitrogen and oxygen atoms in total. The largest absolute Gasteiger partial charge is 0.352 e. The molecule has 5 heteroatoms. The van der Waals surface area contributed by atoms with E-state index in [9.17, 15) is 4.79 Å². The van der Waals surface area contributed by atoms with Gasteiger partial charge in [0, 0.05) is 24.4 Å². The van der Waals surface area contributed by atoms with E-state index in [2.05, 4.69) is 11.9 Å². The van der Waals surface area contributed by atoms with Crippen LogP contribution in [0.1, 0.15) is 44.6 Å². The SMILES string of the molecule is C=C1c2ccccc2N=C(SC(C)C(=O)NC2CCCCC2)N1C. The second kappa shape index (κ2) is 7.43. The van der Waals surface area contributed by atoms with Gasteiger partial charge in [-0.15, -0.1) is 0 Å². The number of amides is 1. The highest BCUT2D eigenvalue weighted by Gasteiger charge is 2.26. The van der Waals surface area contributed by atoms with Crippen LogP contribution in [-0.4, -0.2) is 34.3 Å². The van der Waals surface area contributed by atoms with Crippen LogP contribution in [0.5, 0.6) is 0 Å². The number of para-hydroxylation sites is 1. The number of nitrogens with one attached hydrogen (secondary N) is 1. The Morgan fingerprint density at radius 1 is 1.33 bits per heavy atom. The molecule has 1 atom stereocenters. The van der Waals surface area contributed by atoms with Crippen LogP contribution in [0.4, 0.5) is 5.69 Å². The van der Waals surface area contributed by atoms with Crippen molar-refractivity contribution < 1.29 is 4.79 Å². The fourth-order valence-corrected chi connectivity index (χ4v) is 4.08. The molecule has 1 amide bonds. The molecule has 24 heavy (non-hydrogen) atoms. The maximum Gasteiger partial charge on any atom is 0.233 e. The Labute approximate surface area is 148 Å². The molecule has 1 saturated carbocycles. The summed E-state index contributed by atoms with van der Waals surface area (Å²) in [7, 11) is 1.95. The second-order valence-corrected chi connectivity index (χ2v) is 7.83. The molecule has 1 aliphatic carbocycles. The predicted octanol–water partition coefficient (Wildman–Crippen LogP) is 4.16. The van der Waals surface area contributed by atoms with E-state index in [1.807, 2.05) is 43.1 Å². The van der Waals surface area contributed by atoms with E-state index in [0.717, 1.165) is 35.0 Å². The van der Waals surface area contributed by atoms with Crippen molar-refractivity contribution in [2.45, 2.75) is 50.3 Å². The monoisotopic (exact) mass is 343 g/mol. The van der Waals surface area contributed by atoms with Gasteiger partial charge in [0.05, 0.1) is 10.9 Å². The molecule has 1 unspecified atom stereocenters. The van der Waals surface area contributed by atoms with Gasteiger partial charge in [0.2, 0.25) is 5.91 Å². The third-order valence-corrected chi connectivity index (χ3v) is 5.87. The number of benzene rings is 1. The van der Waals surface area contributed by atoms with Crippen LogP contribution >= 0.6 is 11.8 Å². The molecule has 0 bridgehead atoms. The van der Waals surface area contributed by atoms with Gasteiger partial charge >= 0.3 is 0 Å². The summed E-state index contributed by atoms with van der Waals surface area (Å²) >= 11 is 1.50. The molecule has 0 saturated heterocycles. The number of rotatable bonds is 3. The van der Waals surface area contributed by atoms with Crippen molar-refractivity contribution in [1.29, 1.82) is 0 Å². The molecule has 0 radical (unpaired) electrons. The first kappa shape index (κ1) is 17.1. The number of aliphatic imine (C=N–C) groups is 1. The number of carbonyl (C=O) groups excluding carboxylic acids is 1. The van der Waals surface area contributed by atoms with E-state index in [-0.39, 0.29) is 11.2 Å². The minimum Gasteiger partial charge on any atom is -0.352 e. The number of fused-ring (bicyclic) bond motifs is 1. The highest BCUT2D eigenvalue weighted by atomic mass is 32.2. The fourth-order valence-electron chi connectivity index (χ4n) is 3.17. The molecule has 0 spiro atoms. The first-order chi connectivity index (χ1) is 11.6. The quantitative estimate of drug-likeness (QED) is 0.896. The van der Waals surface area contributed by atoms with E-state index in [1.165, 1.54) is 31.0 Å². The van der Waals surface area contributed by atoms with Crippen LogP contribution in [0.2, 0.25) is 0 Å². The Morgan fingerprint density at radius 3 is 2.79 bits per heavy atom. The zero-order valence-corrected chi connectivity index (χ0v) is 15.2. The number of thioether (sulfide) groups is 1. The Kier molecular flexibility index (Phi) is 5.29. The lowest BCUT2D eigenvalue weighted by atomic mass is 9.95. The van der Waals surface area contributed by atoms with Crippen LogP contribution in [0.25, 0.3) is 5.70 Å². The van der Waals surface area contributed by atoms with Crippen LogP contribution in [0.3, 0.4) is 0 Å². The summed E-state index contributed by atoms with van der Waals surface area (Å²) in [5.74, 6) is 0.104. The van der Waals surface area contributed by atoms with Gasteiger partial charge in [0.15, 0.2) is 5.17 Å². The van der Waals surface area contributed by atoms with Gasteiger partial charge in [-0.25, -0.2) is 4.99 Å². The summed E-state index contributed by atoms with van der Waals surface area (Å²) in [5, 5.41) is 3.85. The lowest BCUT2D eigenvalue weighted by molar-refractivity contribution is -0.121. The Bertz CT molecular complexity index is 664. The molecular formula is C19H25N3OS. The van der Waals surface area contributed by atoms with Crippen LogP contribution < -0.4 is 5.32 Å². The number of nitrogens with zero attached hydrogens (tertiary/aromatic N) is 2. The van der Waals surface area contributed by atoms with E-state index in [1.54, 1.807) is 0 Å². The Morgan fingerprint density at radius 2 is 2.04 bits per heavy atom. The second-order valence-electron chi connectivity index (χ2n) is 6.52.